The number of nitrogens with zero attached hydrogens (tertiary/aromatic N) is 2. The Labute approximate surface area is 125 Å². The molecule has 0 radical (unpaired) electrons. The van der Waals surface area contributed by atoms with Crippen LogP contribution < -0.4 is 4.74 Å². The highest BCUT2D eigenvalue weighted by Crippen LogP contribution is 2.54. The number of hydrogen-bond donors (Lipinski definition) is 1. The van der Waals surface area contributed by atoms with Gasteiger partial charge in [0.1, 0.15) is 11.8 Å². The van der Waals surface area contributed by atoms with E-state index in [1.54, 1.807) is 13.3 Å². The largest absolute Gasteiger partial charge is 0.493 e. The second kappa shape index (κ2) is 5.90. The lowest BCUT2D eigenvalue weighted by Gasteiger charge is -2.15. The number of rotatable bonds is 6. The molecule has 1 N–H and O–H groups in total. The lowest BCUT2D eigenvalue weighted by atomic mass is 10.0. The first-order chi connectivity index (χ1) is 10.3. The Kier molecular flexibility index (Phi) is 3.97. The molecule has 1 aromatic heterocycles. The zero-order valence-corrected chi connectivity index (χ0v) is 12.6. The van der Waals surface area contributed by atoms with Gasteiger partial charge in [0.2, 0.25) is 0 Å². The first-order valence-corrected chi connectivity index (χ1v) is 7.59. The van der Waals surface area contributed by atoms with Crippen LogP contribution in [0.5, 0.6) is 5.75 Å². The molecule has 2 aromatic rings. The van der Waals surface area contributed by atoms with Gasteiger partial charge in [0.05, 0.1) is 13.3 Å². The van der Waals surface area contributed by atoms with Crippen molar-refractivity contribution < 1.29 is 9.84 Å². The molecule has 112 valence electrons. The van der Waals surface area contributed by atoms with Gasteiger partial charge in [-0.3, -0.25) is 4.68 Å². The summed E-state index contributed by atoms with van der Waals surface area (Å²) in [6.45, 7) is 2.91. The van der Waals surface area contributed by atoms with Crippen LogP contribution in [0.3, 0.4) is 0 Å². The Morgan fingerprint density at radius 3 is 2.81 bits per heavy atom. The normalized spacial score (nSPS) is 22.0. The van der Waals surface area contributed by atoms with E-state index < -0.39 is 6.10 Å². The maximum atomic E-state index is 10.8. The van der Waals surface area contributed by atoms with E-state index in [0.29, 0.717) is 11.7 Å². The first kappa shape index (κ1) is 14.1. The van der Waals surface area contributed by atoms with Gasteiger partial charge in [-0.15, -0.1) is 0 Å². The summed E-state index contributed by atoms with van der Waals surface area (Å²) in [5.74, 6) is 1.39. The average Bonchev–Trinajstić information content (AvgIpc) is 3.22. The molecule has 1 aliphatic rings. The highest BCUT2D eigenvalue weighted by Gasteiger charge is 2.45. The van der Waals surface area contributed by atoms with Gasteiger partial charge >= 0.3 is 0 Å². The Morgan fingerprint density at radius 2 is 2.14 bits per heavy atom. The number of ether oxygens (including phenoxy) is 1. The molecule has 3 atom stereocenters. The summed E-state index contributed by atoms with van der Waals surface area (Å²) in [6.07, 6.45) is 3.19. The Bertz CT molecular complexity index is 594. The van der Waals surface area contributed by atoms with Crippen LogP contribution in [0.4, 0.5) is 0 Å². The van der Waals surface area contributed by atoms with Crippen molar-refractivity contribution in [2.45, 2.75) is 38.3 Å². The molecule has 4 nitrogen and oxygen atoms in total. The lowest BCUT2D eigenvalue weighted by molar-refractivity contribution is 0.136. The van der Waals surface area contributed by atoms with Crippen molar-refractivity contribution in [1.82, 2.24) is 9.78 Å². The molecule has 0 spiro atoms. The zero-order chi connectivity index (χ0) is 14.8. The molecular formula is C17H22N2O2. The van der Waals surface area contributed by atoms with Crippen molar-refractivity contribution in [2.24, 2.45) is 5.92 Å². The predicted molar refractivity (Wildman–Crippen MR) is 81.3 cm³/mol. The number of aryl methyl sites for hydroxylation is 1. The second-order valence-corrected chi connectivity index (χ2v) is 5.68. The Balaban J connectivity index is 1.80. The van der Waals surface area contributed by atoms with Crippen LogP contribution in [0.2, 0.25) is 0 Å². The number of aliphatic hydroxyl groups is 1. The highest BCUT2D eigenvalue weighted by molar-refractivity contribution is 5.33. The number of methoxy groups -OCH3 is 1. The predicted octanol–water partition coefficient (Wildman–Crippen LogP) is 3.14. The van der Waals surface area contributed by atoms with Crippen molar-refractivity contribution in [2.75, 3.05) is 7.11 Å². The number of hydrogen-bond acceptors (Lipinski definition) is 3. The third kappa shape index (κ3) is 2.68. The van der Waals surface area contributed by atoms with E-state index in [9.17, 15) is 5.11 Å². The fraction of sp³-hybridized carbons (Fsp3) is 0.471. The van der Waals surface area contributed by atoms with Crippen LogP contribution in [0.25, 0.3) is 0 Å². The van der Waals surface area contributed by atoms with Crippen LogP contribution in [-0.2, 0) is 6.54 Å². The van der Waals surface area contributed by atoms with E-state index >= 15 is 0 Å². The monoisotopic (exact) mass is 286 g/mol. The molecule has 1 fully saturated rings. The molecule has 4 heteroatoms. The SMILES string of the molecule is CCCn1ncc(OC)c1C(O)C1CC1c1ccccc1. The van der Waals surface area contributed by atoms with Gasteiger partial charge in [0.15, 0.2) is 5.75 Å². The minimum atomic E-state index is -0.515. The molecular weight excluding hydrogens is 264 g/mol. The Hall–Kier alpha value is -1.81. The summed E-state index contributed by atoms with van der Waals surface area (Å²) in [6, 6.07) is 10.4. The molecule has 0 bridgehead atoms. The summed E-state index contributed by atoms with van der Waals surface area (Å²) in [4.78, 5) is 0. The Morgan fingerprint density at radius 1 is 1.38 bits per heavy atom. The van der Waals surface area contributed by atoms with Crippen molar-refractivity contribution in [3.05, 3.63) is 47.8 Å². The highest BCUT2D eigenvalue weighted by atomic mass is 16.5. The molecule has 3 rings (SSSR count). The van der Waals surface area contributed by atoms with Crippen LogP contribution >= 0.6 is 0 Å². The van der Waals surface area contributed by atoms with Crippen LogP contribution in [0.15, 0.2) is 36.5 Å². The summed E-state index contributed by atoms with van der Waals surface area (Å²) in [7, 11) is 1.63. The molecule has 0 aliphatic heterocycles. The van der Waals surface area contributed by atoms with Gasteiger partial charge < -0.3 is 9.84 Å². The lowest BCUT2D eigenvalue weighted by Crippen LogP contribution is -2.12. The minimum absolute atomic E-state index is 0.258. The molecule has 1 aliphatic carbocycles. The third-order valence-corrected chi connectivity index (χ3v) is 4.25. The van der Waals surface area contributed by atoms with Crippen LogP contribution in [0.1, 0.15) is 43.0 Å². The van der Waals surface area contributed by atoms with E-state index in [1.807, 2.05) is 10.7 Å². The minimum Gasteiger partial charge on any atom is -0.493 e. The zero-order valence-electron chi connectivity index (χ0n) is 12.6. The third-order valence-electron chi connectivity index (χ3n) is 4.25. The summed E-state index contributed by atoms with van der Waals surface area (Å²) in [5.41, 5.74) is 2.13. The first-order valence-electron chi connectivity index (χ1n) is 7.59. The maximum Gasteiger partial charge on any atom is 0.162 e. The molecule has 21 heavy (non-hydrogen) atoms. The van der Waals surface area contributed by atoms with E-state index in [4.69, 9.17) is 4.74 Å². The molecule has 0 amide bonds. The fourth-order valence-electron chi connectivity index (χ4n) is 3.07. The molecule has 1 saturated carbocycles. The molecule has 3 unspecified atom stereocenters. The number of benzene rings is 1. The van der Waals surface area contributed by atoms with Crippen molar-refractivity contribution in [3.8, 4) is 5.75 Å². The molecule has 0 saturated heterocycles. The number of aliphatic hydroxyl groups excluding tert-OH is 1. The van der Waals surface area contributed by atoms with Crippen molar-refractivity contribution in [3.63, 3.8) is 0 Å². The van der Waals surface area contributed by atoms with Crippen molar-refractivity contribution >= 4 is 0 Å². The maximum absolute atomic E-state index is 10.8. The average molecular weight is 286 g/mol. The van der Waals surface area contributed by atoms with Gasteiger partial charge in [-0.05, 0) is 30.2 Å². The second-order valence-electron chi connectivity index (χ2n) is 5.68. The van der Waals surface area contributed by atoms with Gasteiger partial charge in [0.25, 0.3) is 0 Å². The topological polar surface area (TPSA) is 47.3 Å². The smallest absolute Gasteiger partial charge is 0.162 e. The molecule has 1 heterocycles. The summed E-state index contributed by atoms with van der Waals surface area (Å²) in [5, 5.41) is 15.1. The van der Waals surface area contributed by atoms with E-state index in [0.717, 1.165) is 25.1 Å². The quantitative estimate of drug-likeness (QED) is 0.887. The van der Waals surface area contributed by atoms with Crippen LogP contribution in [-0.4, -0.2) is 22.0 Å². The van der Waals surface area contributed by atoms with E-state index in [1.165, 1.54) is 5.56 Å². The van der Waals surface area contributed by atoms with Gasteiger partial charge in [-0.1, -0.05) is 37.3 Å². The fourth-order valence-corrected chi connectivity index (χ4v) is 3.07. The van der Waals surface area contributed by atoms with Gasteiger partial charge in [-0.25, -0.2) is 0 Å². The van der Waals surface area contributed by atoms with E-state index in [2.05, 4.69) is 36.3 Å². The summed E-state index contributed by atoms with van der Waals surface area (Å²) >= 11 is 0. The van der Waals surface area contributed by atoms with Gasteiger partial charge in [0, 0.05) is 6.54 Å². The molecule has 1 aromatic carbocycles. The standard InChI is InChI=1S/C17H22N2O2/c1-3-9-19-16(15(21-2)11-18-19)17(20)14-10-13(14)12-7-5-4-6-8-12/h4-8,11,13-14,17,20H,3,9-10H2,1-2H3. The van der Waals surface area contributed by atoms with Gasteiger partial charge in [-0.2, -0.15) is 5.10 Å². The summed E-state index contributed by atoms with van der Waals surface area (Å²) < 4.78 is 7.25. The van der Waals surface area contributed by atoms with E-state index in [-0.39, 0.29) is 5.92 Å². The number of aromatic nitrogens is 2. The van der Waals surface area contributed by atoms with Crippen LogP contribution in [0, 0.1) is 5.92 Å². The van der Waals surface area contributed by atoms with Crippen molar-refractivity contribution in [1.29, 1.82) is 0 Å².